The fraction of sp³-hybridized carbons (Fsp3) is 0.417. The van der Waals surface area contributed by atoms with E-state index in [0.717, 1.165) is 5.56 Å². The van der Waals surface area contributed by atoms with Crippen molar-refractivity contribution < 1.29 is 27.5 Å². The number of nitrogens with zero attached hydrogens (tertiary/aromatic N) is 1. The summed E-state index contributed by atoms with van der Waals surface area (Å²) in [5.41, 5.74) is 1.27. The summed E-state index contributed by atoms with van der Waals surface area (Å²) in [7, 11) is -2.50. The van der Waals surface area contributed by atoms with Gasteiger partial charge in [-0.25, -0.2) is 13.1 Å². The number of sulfonamides is 1. The number of methoxy groups -OCH3 is 1. The van der Waals surface area contributed by atoms with E-state index in [-0.39, 0.29) is 40.5 Å². The number of amides is 1. The Morgan fingerprint density at radius 3 is 2.42 bits per heavy atom. The van der Waals surface area contributed by atoms with E-state index in [9.17, 15) is 18.0 Å². The van der Waals surface area contributed by atoms with Crippen LogP contribution in [0.4, 0.5) is 0 Å². The van der Waals surface area contributed by atoms with Crippen LogP contribution in [0.5, 0.6) is 5.75 Å². The Morgan fingerprint density at radius 2 is 1.79 bits per heavy atom. The second-order valence-electron chi connectivity index (χ2n) is 7.82. The molecule has 1 aliphatic rings. The number of ether oxygens (including phenoxy) is 2. The van der Waals surface area contributed by atoms with Gasteiger partial charge in [0.05, 0.1) is 19.6 Å². The van der Waals surface area contributed by atoms with Crippen molar-refractivity contribution in [3.63, 3.8) is 0 Å². The third-order valence-corrected chi connectivity index (χ3v) is 7.13. The Balaban J connectivity index is 1.69. The van der Waals surface area contributed by atoms with Crippen molar-refractivity contribution in [1.29, 1.82) is 0 Å². The Hall–Kier alpha value is -2.91. The number of esters is 1. The van der Waals surface area contributed by atoms with Crippen molar-refractivity contribution in [2.45, 2.75) is 31.1 Å². The number of carbonyl (C=O) groups is 2. The van der Waals surface area contributed by atoms with Crippen LogP contribution in [0.1, 0.15) is 35.7 Å². The molecule has 8 nitrogen and oxygen atoms in total. The van der Waals surface area contributed by atoms with Crippen LogP contribution < -0.4 is 9.46 Å². The van der Waals surface area contributed by atoms with Gasteiger partial charge in [0.25, 0.3) is 5.91 Å². The van der Waals surface area contributed by atoms with Crippen molar-refractivity contribution in [2.75, 3.05) is 33.4 Å². The second kappa shape index (κ2) is 11.3. The standard InChI is InChI=1S/C24H30N2O6S/c1-3-32-24(28)19-12-15-26(16-13-19)23(27)20-9-10-21(31-2)22(17-20)33(29,30)25-14-11-18-7-5-4-6-8-18/h4-10,17,19,25H,3,11-16H2,1-2H3. The highest BCUT2D eigenvalue weighted by molar-refractivity contribution is 7.89. The number of nitrogens with one attached hydrogen (secondary N) is 1. The van der Waals surface area contributed by atoms with E-state index in [1.54, 1.807) is 17.9 Å². The summed E-state index contributed by atoms with van der Waals surface area (Å²) in [5, 5.41) is 0. The summed E-state index contributed by atoms with van der Waals surface area (Å²) in [6.45, 7) is 3.13. The monoisotopic (exact) mass is 474 g/mol. The fourth-order valence-electron chi connectivity index (χ4n) is 3.83. The fourth-order valence-corrected chi connectivity index (χ4v) is 5.06. The lowest BCUT2D eigenvalue weighted by molar-refractivity contribution is -0.149. The average Bonchev–Trinajstić information content (AvgIpc) is 2.84. The highest BCUT2D eigenvalue weighted by atomic mass is 32.2. The van der Waals surface area contributed by atoms with Gasteiger partial charge in [-0.3, -0.25) is 9.59 Å². The molecular weight excluding hydrogens is 444 g/mol. The van der Waals surface area contributed by atoms with Crippen molar-refractivity contribution in [3.8, 4) is 5.75 Å². The Bertz CT molecular complexity index is 1060. The van der Waals surface area contributed by atoms with Gasteiger partial charge >= 0.3 is 5.97 Å². The maximum atomic E-state index is 13.0. The zero-order valence-electron chi connectivity index (χ0n) is 19.0. The molecule has 1 amide bonds. The van der Waals surface area contributed by atoms with Crippen LogP contribution >= 0.6 is 0 Å². The summed E-state index contributed by atoms with van der Waals surface area (Å²) in [5.74, 6) is -0.556. The first-order valence-corrected chi connectivity index (χ1v) is 12.5. The molecule has 0 radical (unpaired) electrons. The quantitative estimate of drug-likeness (QED) is 0.561. The average molecular weight is 475 g/mol. The number of piperidine rings is 1. The lowest BCUT2D eigenvalue weighted by Crippen LogP contribution is -2.40. The van der Waals surface area contributed by atoms with Gasteiger partial charge in [-0.15, -0.1) is 0 Å². The molecule has 0 unspecified atom stereocenters. The first-order valence-electron chi connectivity index (χ1n) is 11.0. The molecular formula is C24H30N2O6S. The maximum Gasteiger partial charge on any atom is 0.309 e. The van der Waals surface area contributed by atoms with Crippen molar-refractivity contribution in [2.24, 2.45) is 5.92 Å². The number of carbonyl (C=O) groups excluding carboxylic acids is 2. The first-order chi connectivity index (χ1) is 15.9. The molecule has 0 spiro atoms. The molecule has 9 heteroatoms. The minimum atomic E-state index is -3.89. The lowest BCUT2D eigenvalue weighted by Gasteiger charge is -2.31. The largest absolute Gasteiger partial charge is 0.495 e. The zero-order valence-corrected chi connectivity index (χ0v) is 19.8. The van der Waals surface area contributed by atoms with Gasteiger partial charge in [0.2, 0.25) is 10.0 Å². The van der Waals surface area contributed by atoms with E-state index in [4.69, 9.17) is 9.47 Å². The van der Waals surface area contributed by atoms with E-state index in [0.29, 0.717) is 39.0 Å². The molecule has 1 saturated heterocycles. The number of likely N-dealkylation sites (tertiary alicyclic amines) is 1. The smallest absolute Gasteiger partial charge is 0.309 e. The third kappa shape index (κ3) is 6.33. The van der Waals surface area contributed by atoms with Crippen LogP contribution in [-0.2, 0) is 26.0 Å². The van der Waals surface area contributed by atoms with Crippen LogP contribution in [0.3, 0.4) is 0 Å². The normalized spacial score (nSPS) is 14.7. The lowest BCUT2D eigenvalue weighted by atomic mass is 9.96. The molecule has 0 atom stereocenters. The number of hydrogen-bond donors (Lipinski definition) is 1. The predicted molar refractivity (Wildman–Crippen MR) is 124 cm³/mol. The topological polar surface area (TPSA) is 102 Å². The maximum absolute atomic E-state index is 13.0. The van der Waals surface area contributed by atoms with Gasteiger partial charge in [0.15, 0.2) is 0 Å². The predicted octanol–water partition coefficient (Wildman–Crippen LogP) is 2.63. The third-order valence-electron chi connectivity index (χ3n) is 5.65. The van der Waals surface area contributed by atoms with Gasteiger partial charge in [0.1, 0.15) is 10.6 Å². The highest BCUT2D eigenvalue weighted by Crippen LogP contribution is 2.27. The Morgan fingerprint density at radius 1 is 1.09 bits per heavy atom. The minimum absolute atomic E-state index is 0.0784. The molecule has 1 N–H and O–H groups in total. The van der Waals surface area contributed by atoms with Crippen LogP contribution in [0.2, 0.25) is 0 Å². The summed E-state index contributed by atoms with van der Waals surface area (Å²) >= 11 is 0. The number of rotatable bonds is 9. The van der Waals surface area contributed by atoms with Gasteiger partial charge < -0.3 is 14.4 Å². The SMILES string of the molecule is CCOC(=O)C1CCN(C(=O)c2ccc(OC)c(S(=O)(=O)NCCc3ccccc3)c2)CC1. The van der Waals surface area contributed by atoms with Crippen LogP contribution in [0, 0.1) is 5.92 Å². The van der Waals surface area contributed by atoms with Crippen molar-refractivity contribution in [1.82, 2.24) is 9.62 Å². The zero-order chi connectivity index (χ0) is 23.8. The van der Waals surface area contributed by atoms with Crippen molar-refractivity contribution in [3.05, 3.63) is 59.7 Å². The molecule has 33 heavy (non-hydrogen) atoms. The van der Waals surface area contributed by atoms with E-state index in [1.807, 2.05) is 30.3 Å². The molecule has 1 heterocycles. The molecule has 3 rings (SSSR count). The molecule has 0 aliphatic carbocycles. The molecule has 1 aliphatic heterocycles. The van der Waals surface area contributed by atoms with E-state index >= 15 is 0 Å². The first kappa shape index (κ1) is 24.7. The summed E-state index contributed by atoms with van der Waals surface area (Å²) in [6.07, 6.45) is 1.58. The van der Waals surface area contributed by atoms with Crippen LogP contribution in [0.15, 0.2) is 53.4 Å². The summed E-state index contributed by atoms with van der Waals surface area (Å²) in [6, 6.07) is 14.0. The molecule has 0 saturated carbocycles. The molecule has 178 valence electrons. The Kier molecular flexibility index (Phi) is 8.46. The number of benzene rings is 2. The van der Waals surface area contributed by atoms with E-state index in [1.165, 1.54) is 19.2 Å². The Labute approximate surface area is 194 Å². The van der Waals surface area contributed by atoms with Gasteiger partial charge in [-0.2, -0.15) is 0 Å². The summed E-state index contributed by atoms with van der Waals surface area (Å²) in [4.78, 5) is 26.5. The van der Waals surface area contributed by atoms with Crippen LogP contribution in [0.25, 0.3) is 0 Å². The van der Waals surface area contributed by atoms with Gasteiger partial charge in [-0.05, 0) is 49.9 Å². The molecule has 1 fully saturated rings. The van der Waals surface area contributed by atoms with Gasteiger partial charge in [0, 0.05) is 25.2 Å². The highest BCUT2D eigenvalue weighted by Gasteiger charge is 2.29. The minimum Gasteiger partial charge on any atom is -0.495 e. The van der Waals surface area contributed by atoms with Crippen LogP contribution in [-0.4, -0.2) is 58.5 Å². The number of hydrogen-bond acceptors (Lipinski definition) is 6. The second-order valence-corrected chi connectivity index (χ2v) is 9.55. The van der Waals surface area contributed by atoms with Crippen molar-refractivity contribution >= 4 is 21.9 Å². The molecule has 0 aromatic heterocycles. The molecule has 0 bridgehead atoms. The molecule has 2 aromatic rings. The van der Waals surface area contributed by atoms with Gasteiger partial charge in [-0.1, -0.05) is 30.3 Å². The molecule has 2 aromatic carbocycles. The summed E-state index contributed by atoms with van der Waals surface area (Å²) < 4.78 is 38.8. The van der Waals surface area contributed by atoms with E-state index < -0.39 is 10.0 Å². The van der Waals surface area contributed by atoms with E-state index in [2.05, 4.69) is 4.72 Å².